The molecule has 0 radical (unpaired) electrons. The monoisotopic (exact) mass is 312 g/mol. The molecule has 0 unspecified atom stereocenters. The van der Waals surface area contributed by atoms with Crippen LogP contribution in [0.15, 0.2) is 24.5 Å². The molecule has 1 aromatic carbocycles. The molecule has 1 fully saturated rings. The van der Waals surface area contributed by atoms with Gasteiger partial charge in [0.05, 0.1) is 10.2 Å². The van der Waals surface area contributed by atoms with Crippen molar-refractivity contribution in [2.75, 3.05) is 18.0 Å². The van der Waals surface area contributed by atoms with E-state index in [1.165, 1.54) is 26.5 Å². The molecule has 3 aromatic rings. The van der Waals surface area contributed by atoms with E-state index < -0.39 is 0 Å². The number of benzene rings is 1. The van der Waals surface area contributed by atoms with Gasteiger partial charge >= 0.3 is 0 Å². The van der Waals surface area contributed by atoms with Crippen LogP contribution in [0.3, 0.4) is 0 Å². The minimum atomic E-state index is 0.697. The molecule has 1 aliphatic rings. The Labute approximate surface area is 134 Å². The molecule has 0 spiro atoms. The van der Waals surface area contributed by atoms with E-state index in [4.69, 9.17) is 4.98 Å². The second-order valence-corrected chi connectivity index (χ2v) is 7.33. The number of hydrogen-bond donors (Lipinski definition) is 0. The number of thiazole rings is 1. The number of anilines is 1. The maximum absolute atomic E-state index is 4.85. The average Bonchev–Trinajstić information content (AvgIpc) is 3.00. The Morgan fingerprint density at radius 1 is 1.23 bits per heavy atom. The van der Waals surface area contributed by atoms with Gasteiger partial charge in [0.25, 0.3) is 0 Å². The summed E-state index contributed by atoms with van der Waals surface area (Å²) < 4.78 is 3.55. The van der Waals surface area contributed by atoms with Crippen LogP contribution in [0.1, 0.15) is 17.0 Å². The van der Waals surface area contributed by atoms with Crippen LogP contribution in [0.4, 0.5) is 5.13 Å². The second-order valence-electron chi connectivity index (χ2n) is 6.32. The van der Waals surface area contributed by atoms with Crippen molar-refractivity contribution in [2.45, 2.75) is 27.3 Å². The summed E-state index contributed by atoms with van der Waals surface area (Å²) in [7, 11) is 0. The van der Waals surface area contributed by atoms with Crippen LogP contribution in [0.25, 0.3) is 10.2 Å². The zero-order chi connectivity index (χ0) is 15.3. The molecule has 1 saturated heterocycles. The summed E-state index contributed by atoms with van der Waals surface area (Å²) in [4.78, 5) is 11.5. The molecule has 0 saturated carbocycles. The summed E-state index contributed by atoms with van der Waals surface area (Å²) in [5, 5.41) is 1.17. The minimum absolute atomic E-state index is 0.697. The van der Waals surface area contributed by atoms with Crippen LogP contribution in [-0.2, 0) is 6.54 Å². The fraction of sp³-hybridized carbons (Fsp3) is 0.412. The van der Waals surface area contributed by atoms with E-state index in [1.807, 2.05) is 17.5 Å². The van der Waals surface area contributed by atoms with Crippen LogP contribution >= 0.6 is 11.3 Å². The van der Waals surface area contributed by atoms with E-state index in [9.17, 15) is 0 Å². The lowest BCUT2D eigenvalue weighted by Crippen LogP contribution is -2.48. The van der Waals surface area contributed by atoms with Crippen molar-refractivity contribution in [2.24, 2.45) is 5.92 Å². The molecule has 0 aliphatic carbocycles. The highest BCUT2D eigenvalue weighted by Crippen LogP contribution is 2.35. The normalized spacial score (nSPS) is 15.5. The Hall–Kier alpha value is -1.88. The number of fused-ring (bicyclic) bond motifs is 1. The first-order chi connectivity index (χ1) is 10.6. The third-order valence-electron chi connectivity index (χ3n) is 4.42. The molecule has 114 valence electrons. The van der Waals surface area contributed by atoms with Crippen LogP contribution < -0.4 is 4.90 Å². The highest BCUT2D eigenvalue weighted by Gasteiger charge is 2.29. The van der Waals surface area contributed by atoms with Gasteiger partial charge in [-0.15, -0.1) is 0 Å². The zero-order valence-corrected chi connectivity index (χ0v) is 14.0. The molecule has 22 heavy (non-hydrogen) atoms. The molecule has 4 rings (SSSR count). The van der Waals surface area contributed by atoms with Gasteiger partial charge < -0.3 is 9.47 Å². The Kier molecular flexibility index (Phi) is 3.18. The second kappa shape index (κ2) is 5.09. The lowest BCUT2D eigenvalue weighted by atomic mass is 10.0. The van der Waals surface area contributed by atoms with Gasteiger partial charge in [-0.05, 0) is 38.0 Å². The fourth-order valence-electron chi connectivity index (χ4n) is 3.21. The highest BCUT2D eigenvalue weighted by atomic mass is 32.1. The van der Waals surface area contributed by atoms with Crippen molar-refractivity contribution >= 4 is 26.7 Å². The number of hydrogen-bond acceptors (Lipinski definition) is 4. The van der Waals surface area contributed by atoms with Gasteiger partial charge in [-0.25, -0.2) is 9.97 Å². The molecular weight excluding hydrogens is 292 g/mol. The quantitative estimate of drug-likeness (QED) is 0.741. The van der Waals surface area contributed by atoms with Gasteiger partial charge in [0, 0.05) is 37.9 Å². The van der Waals surface area contributed by atoms with Gasteiger partial charge in [0.2, 0.25) is 0 Å². The van der Waals surface area contributed by atoms with Crippen LogP contribution in [0, 0.1) is 26.7 Å². The van der Waals surface area contributed by atoms with Gasteiger partial charge in [-0.3, -0.25) is 0 Å². The first-order valence-electron chi connectivity index (χ1n) is 7.70. The van der Waals surface area contributed by atoms with Crippen LogP contribution in [0.2, 0.25) is 0 Å². The number of imidazole rings is 1. The molecule has 2 aromatic heterocycles. The molecule has 0 amide bonds. The summed E-state index contributed by atoms with van der Waals surface area (Å²) in [6.45, 7) is 9.61. The first-order valence-corrected chi connectivity index (χ1v) is 8.52. The fourth-order valence-corrected chi connectivity index (χ4v) is 4.37. The molecule has 1 aliphatic heterocycles. The van der Waals surface area contributed by atoms with Crippen molar-refractivity contribution in [1.29, 1.82) is 0 Å². The summed E-state index contributed by atoms with van der Waals surface area (Å²) >= 11 is 1.82. The van der Waals surface area contributed by atoms with Crippen molar-refractivity contribution in [3.63, 3.8) is 0 Å². The van der Waals surface area contributed by atoms with E-state index in [1.54, 1.807) is 0 Å². The number of rotatable bonds is 3. The third kappa shape index (κ3) is 2.29. The molecule has 4 nitrogen and oxygen atoms in total. The van der Waals surface area contributed by atoms with Crippen molar-refractivity contribution < 1.29 is 0 Å². The Bertz CT molecular complexity index is 826. The SMILES string of the molecule is Cc1cc(C)c2nc(N3CC(Cn4ccnc4C)C3)sc2c1. The largest absolute Gasteiger partial charge is 0.347 e. The van der Waals surface area contributed by atoms with Crippen LogP contribution in [-0.4, -0.2) is 27.6 Å². The molecule has 3 heterocycles. The predicted octanol–water partition coefficient (Wildman–Crippen LogP) is 3.55. The van der Waals surface area contributed by atoms with E-state index in [0.29, 0.717) is 5.92 Å². The van der Waals surface area contributed by atoms with Crippen molar-refractivity contribution in [3.05, 3.63) is 41.5 Å². The Morgan fingerprint density at radius 2 is 2.05 bits per heavy atom. The predicted molar refractivity (Wildman–Crippen MR) is 91.8 cm³/mol. The van der Waals surface area contributed by atoms with E-state index in [0.717, 1.165) is 25.5 Å². The van der Waals surface area contributed by atoms with Crippen molar-refractivity contribution in [1.82, 2.24) is 14.5 Å². The summed E-state index contributed by atoms with van der Waals surface area (Å²) in [6.07, 6.45) is 3.95. The van der Waals surface area contributed by atoms with E-state index in [-0.39, 0.29) is 0 Å². The maximum Gasteiger partial charge on any atom is 0.186 e. The average molecular weight is 312 g/mol. The maximum atomic E-state index is 4.85. The van der Waals surface area contributed by atoms with E-state index in [2.05, 4.69) is 53.6 Å². The molecule has 0 atom stereocenters. The lowest BCUT2D eigenvalue weighted by molar-refractivity contribution is 0.354. The molecule has 0 N–H and O–H groups in total. The lowest BCUT2D eigenvalue weighted by Gasteiger charge is -2.39. The van der Waals surface area contributed by atoms with E-state index >= 15 is 0 Å². The summed E-state index contributed by atoms with van der Waals surface area (Å²) in [5.74, 6) is 1.80. The zero-order valence-electron chi connectivity index (χ0n) is 13.2. The van der Waals surface area contributed by atoms with Gasteiger partial charge in [0.1, 0.15) is 5.82 Å². The number of aryl methyl sites for hydroxylation is 3. The smallest absolute Gasteiger partial charge is 0.186 e. The Balaban J connectivity index is 1.49. The van der Waals surface area contributed by atoms with Gasteiger partial charge in [-0.1, -0.05) is 17.4 Å². The number of nitrogens with zero attached hydrogens (tertiary/aromatic N) is 4. The summed E-state index contributed by atoms with van der Waals surface area (Å²) in [6, 6.07) is 4.46. The minimum Gasteiger partial charge on any atom is -0.347 e. The number of aromatic nitrogens is 3. The van der Waals surface area contributed by atoms with Crippen molar-refractivity contribution in [3.8, 4) is 0 Å². The van der Waals surface area contributed by atoms with Crippen LogP contribution in [0.5, 0.6) is 0 Å². The first kappa shape index (κ1) is 13.8. The highest BCUT2D eigenvalue weighted by molar-refractivity contribution is 7.22. The summed E-state index contributed by atoms with van der Waals surface area (Å²) in [5.41, 5.74) is 3.76. The van der Waals surface area contributed by atoms with Gasteiger partial charge in [-0.2, -0.15) is 0 Å². The Morgan fingerprint density at radius 3 is 2.77 bits per heavy atom. The molecular formula is C17H20N4S. The third-order valence-corrected chi connectivity index (χ3v) is 5.49. The van der Waals surface area contributed by atoms with Gasteiger partial charge in [0.15, 0.2) is 5.13 Å². The molecule has 0 bridgehead atoms. The topological polar surface area (TPSA) is 34.0 Å². The standard InChI is InChI=1S/C17H20N4S/c1-11-6-12(2)16-15(7-11)22-17(19-16)21-9-14(10-21)8-20-5-4-18-13(20)3/h4-7,14H,8-10H2,1-3H3. The molecule has 5 heteroatoms.